The van der Waals surface area contributed by atoms with E-state index in [0.717, 1.165) is 28.7 Å². The zero-order valence-corrected chi connectivity index (χ0v) is 26.6. The van der Waals surface area contributed by atoms with Crippen LogP contribution in [-0.4, -0.2) is 74.8 Å². The number of amides is 1. The van der Waals surface area contributed by atoms with E-state index in [1.165, 1.54) is 7.11 Å². The second-order valence-corrected chi connectivity index (χ2v) is 11.8. The highest BCUT2D eigenvalue weighted by molar-refractivity contribution is 5.77. The van der Waals surface area contributed by atoms with Crippen molar-refractivity contribution < 1.29 is 27.4 Å². The van der Waals surface area contributed by atoms with E-state index in [4.69, 9.17) is 9.47 Å². The third-order valence-electron chi connectivity index (χ3n) is 7.66. The Morgan fingerprint density at radius 2 is 1.76 bits per heavy atom. The predicted octanol–water partition coefficient (Wildman–Crippen LogP) is 5.88. The summed E-state index contributed by atoms with van der Waals surface area (Å²) < 4.78 is 52.6. The van der Waals surface area contributed by atoms with Gasteiger partial charge in [-0.05, 0) is 34.7 Å². The lowest BCUT2D eigenvalue weighted by Gasteiger charge is -2.36. The van der Waals surface area contributed by atoms with Gasteiger partial charge in [0.25, 0.3) is 0 Å². The molecule has 2 aromatic carbocycles. The van der Waals surface area contributed by atoms with Crippen LogP contribution in [0.5, 0.6) is 5.75 Å². The van der Waals surface area contributed by atoms with Gasteiger partial charge < -0.3 is 35.2 Å². The highest BCUT2D eigenvalue weighted by Crippen LogP contribution is 2.37. The molecule has 2 heterocycles. The topological polar surface area (TPSA) is 104 Å². The number of carbonyl (C=O) groups is 1. The maximum absolute atomic E-state index is 14.0. The van der Waals surface area contributed by atoms with Crippen molar-refractivity contribution in [3.8, 4) is 5.75 Å². The minimum Gasteiger partial charge on any atom is -0.494 e. The molecule has 0 saturated carbocycles. The second-order valence-electron chi connectivity index (χ2n) is 11.8. The number of aromatic nitrogens is 2. The molecule has 1 aliphatic rings. The molecule has 0 aliphatic carbocycles. The molecule has 13 heteroatoms. The molecule has 4 rings (SSSR count). The molecule has 3 N–H and O–H groups in total. The largest absolute Gasteiger partial charge is 0.494 e. The van der Waals surface area contributed by atoms with Gasteiger partial charge >= 0.3 is 6.18 Å². The van der Waals surface area contributed by atoms with Crippen LogP contribution in [0.4, 0.5) is 42.0 Å². The van der Waals surface area contributed by atoms with Crippen LogP contribution in [0.25, 0.3) is 0 Å². The van der Waals surface area contributed by atoms with Crippen LogP contribution >= 0.6 is 0 Å². The molecule has 1 fully saturated rings. The zero-order chi connectivity index (χ0) is 32.8. The van der Waals surface area contributed by atoms with Gasteiger partial charge in [0.2, 0.25) is 11.9 Å². The maximum Gasteiger partial charge on any atom is 0.421 e. The third-order valence-corrected chi connectivity index (χ3v) is 7.66. The average molecular weight is 630 g/mol. The molecule has 1 aromatic heterocycles. The Morgan fingerprint density at radius 1 is 1.02 bits per heavy atom. The van der Waals surface area contributed by atoms with Gasteiger partial charge in [0.05, 0.1) is 25.8 Å². The summed E-state index contributed by atoms with van der Waals surface area (Å²) in [6, 6.07) is 11.2. The number of piperazine rings is 1. The summed E-state index contributed by atoms with van der Waals surface area (Å²) in [6.45, 7) is 9.20. The van der Waals surface area contributed by atoms with Crippen molar-refractivity contribution in [1.82, 2.24) is 14.9 Å². The van der Waals surface area contributed by atoms with E-state index in [1.807, 2.05) is 42.3 Å². The fourth-order valence-electron chi connectivity index (χ4n) is 5.47. The molecule has 244 valence electrons. The smallest absolute Gasteiger partial charge is 0.421 e. The van der Waals surface area contributed by atoms with Gasteiger partial charge in [-0.2, -0.15) is 18.2 Å². The van der Waals surface area contributed by atoms with Crippen LogP contribution in [0.15, 0.2) is 42.6 Å². The van der Waals surface area contributed by atoms with Crippen molar-refractivity contribution in [2.24, 2.45) is 0 Å². The van der Waals surface area contributed by atoms with Crippen molar-refractivity contribution in [2.75, 3.05) is 74.9 Å². The van der Waals surface area contributed by atoms with Gasteiger partial charge in [0.1, 0.15) is 17.1 Å². The molecule has 45 heavy (non-hydrogen) atoms. The van der Waals surface area contributed by atoms with Gasteiger partial charge in [0.15, 0.2) is 0 Å². The predicted molar refractivity (Wildman–Crippen MR) is 171 cm³/mol. The number of ether oxygens (including phenoxy) is 2. The first kappa shape index (κ1) is 33.6. The first-order chi connectivity index (χ1) is 21.3. The molecule has 1 saturated heterocycles. The normalized spacial score (nSPS) is 13.9. The lowest BCUT2D eigenvalue weighted by atomic mass is 9.82. The van der Waals surface area contributed by atoms with Crippen LogP contribution in [-0.2, 0) is 27.7 Å². The fraction of sp³-hybridized carbons (Fsp3) is 0.469. The summed E-state index contributed by atoms with van der Waals surface area (Å²) in [4.78, 5) is 24.5. The highest BCUT2D eigenvalue weighted by Gasteiger charge is 2.35. The van der Waals surface area contributed by atoms with E-state index >= 15 is 0 Å². The van der Waals surface area contributed by atoms with Crippen molar-refractivity contribution in [3.63, 3.8) is 0 Å². The van der Waals surface area contributed by atoms with E-state index in [9.17, 15) is 18.0 Å². The second kappa shape index (κ2) is 14.2. The number of anilines is 5. The van der Waals surface area contributed by atoms with Gasteiger partial charge in [0, 0.05) is 70.5 Å². The average Bonchev–Trinajstić information content (AvgIpc) is 3.01. The number of alkyl halides is 3. The van der Waals surface area contributed by atoms with E-state index in [0.29, 0.717) is 50.6 Å². The Morgan fingerprint density at radius 3 is 2.38 bits per heavy atom. The molecule has 1 amide bonds. The maximum atomic E-state index is 14.0. The molecule has 0 unspecified atom stereocenters. The van der Waals surface area contributed by atoms with E-state index in [2.05, 4.69) is 51.6 Å². The number of methoxy groups -OCH3 is 2. The summed E-state index contributed by atoms with van der Waals surface area (Å²) in [5, 5.41) is 9.12. The van der Waals surface area contributed by atoms with Crippen LogP contribution in [0.1, 0.15) is 43.9 Å². The molecule has 1 aliphatic heterocycles. The monoisotopic (exact) mass is 629 g/mol. The van der Waals surface area contributed by atoms with E-state index in [1.54, 1.807) is 13.2 Å². The number of nitrogens with zero attached hydrogens (tertiary/aromatic N) is 4. The summed E-state index contributed by atoms with van der Waals surface area (Å²) >= 11 is 0. The molecule has 0 spiro atoms. The van der Waals surface area contributed by atoms with E-state index in [-0.39, 0.29) is 29.6 Å². The fourth-order valence-corrected chi connectivity index (χ4v) is 5.47. The Hall–Kier alpha value is -4.26. The third kappa shape index (κ3) is 8.27. The number of halogens is 3. The van der Waals surface area contributed by atoms with Crippen LogP contribution in [0.3, 0.4) is 0 Å². The standard InChI is InChI=1S/C32H42F3N7O3/c1-31(2,3)28-21(8-7-9-25(28)36-4)19-37-29-23(32(33,34)35)20-38-30(40-29)39-24-11-10-22(18-26(24)45-6)41-13-15-42(16-14-41)27(43)12-17-44-5/h7-11,18,20,36H,12-17,19H2,1-6H3,(H2,37,38,39,40). The van der Waals surface area contributed by atoms with Gasteiger partial charge in [-0.15, -0.1) is 0 Å². The summed E-state index contributed by atoms with van der Waals surface area (Å²) in [5.74, 6) is 0.200. The molecule has 3 aromatic rings. The van der Waals surface area contributed by atoms with Crippen molar-refractivity contribution in [1.29, 1.82) is 0 Å². The molecular weight excluding hydrogens is 587 g/mol. The number of benzene rings is 2. The molecular formula is C32H42F3N7O3. The number of rotatable bonds is 11. The van der Waals surface area contributed by atoms with Crippen molar-refractivity contribution >= 4 is 34.7 Å². The van der Waals surface area contributed by atoms with Crippen LogP contribution in [0.2, 0.25) is 0 Å². The lowest BCUT2D eigenvalue weighted by Crippen LogP contribution is -2.49. The Bertz CT molecular complexity index is 1470. The Balaban J connectivity index is 1.53. The minimum atomic E-state index is -4.65. The summed E-state index contributed by atoms with van der Waals surface area (Å²) in [7, 11) is 4.91. The minimum absolute atomic E-state index is 0.0141. The highest BCUT2D eigenvalue weighted by atomic mass is 19.4. The van der Waals surface area contributed by atoms with Crippen LogP contribution in [0, 0.1) is 0 Å². The Kier molecular flexibility index (Phi) is 10.6. The van der Waals surface area contributed by atoms with Crippen LogP contribution < -0.4 is 25.6 Å². The molecule has 0 bridgehead atoms. The number of carbonyl (C=O) groups excluding carboxylic acids is 1. The first-order valence-electron chi connectivity index (χ1n) is 14.8. The Labute approximate surface area is 262 Å². The van der Waals surface area contributed by atoms with Gasteiger partial charge in [-0.1, -0.05) is 32.9 Å². The summed E-state index contributed by atoms with van der Waals surface area (Å²) in [5.41, 5.74) is 2.96. The van der Waals surface area contributed by atoms with Crippen molar-refractivity contribution in [2.45, 2.75) is 45.3 Å². The van der Waals surface area contributed by atoms with Crippen molar-refractivity contribution in [3.05, 3.63) is 59.3 Å². The number of hydrogen-bond acceptors (Lipinski definition) is 9. The molecule has 10 nitrogen and oxygen atoms in total. The SMILES string of the molecule is CNc1cccc(CNc2nc(Nc3ccc(N4CCN(C(=O)CCOC)CC4)cc3OC)ncc2C(F)(F)F)c1C(C)(C)C. The van der Waals surface area contributed by atoms with E-state index < -0.39 is 11.7 Å². The van der Waals surface area contributed by atoms with Gasteiger partial charge in [-0.3, -0.25) is 4.79 Å². The number of hydrogen-bond donors (Lipinski definition) is 3. The zero-order valence-electron chi connectivity index (χ0n) is 26.6. The first-order valence-corrected chi connectivity index (χ1v) is 14.8. The summed E-state index contributed by atoms with van der Waals surface area (Å²) in [6.07, 6.45) is -3.52. The molecule has 0 atom stereocenters. The van der Waals surface area contributed by atoms with Gasteiger partial charge in [-0.25, -0.2) is 4.98 Å². The lowest BCUT2D eigenvalue weighted by molar-refractivity contribution is -0.137. The number of nitrogens with one attached hydrogen (secondary N) is 3. The molecule has 0 radical (unpaired) electrons. The quantitative estimate of drug-likeness (QED) is 0.240.